The van der Waals surface area contributed by atoms with Crippen molar-refractivity contribution < 1.29 is 23.2 Å². The third kappa shape index (κ3) is 11.6. The zero-order chi connectivity index (χ0) is 28.0. The maximum atomic E-state index is 12.6. The Hall–Kier alpha value is -2.27. The molecule has 2 fully saturated rings. The van der Waals surface area contributed by atoms with Crippen LogP contribution in [0.4, 0.5) is 0 Å². The second-order valence-electron chi connectivity index (χ2n) is 10.1. The molecule has 2 aliphatic carbocycles. The van der Waals surface area contributed by atoms with Gasteiger partial charge in [-0.1, -0.05) is 31.2 Å². The molecule has 3 rings (SSSR count). The van der Waals surface area contributed by atoms with E-state index in [1.807, 2.05) is 17.9 Å². The molecule has 2 amide bonds. The lowest BCUT2D eigenvalue weighted by Crippen LogP contribution is -2.35. The van der Waals surface area contributed by atoms with Crippen molar-refractivity contribution in [3.05, 3.63) is 47.9 Å². The summed E-state index contributed by atoms with van der Waals surface area (Å²) in [6.45, 7) is 9.82. The van der Waals surface area contributed by atoms with E-state index in [-0.39, 0.29) is 23.2 Å². The number of hydrogen-bond acceptors (Lipinski definition) is 6. The molecular formula is C28H46N4O5S. The number of carbonyl (C=O) groups is 2. The number of sulfonamides is 1. The number of nitrogens with zero attached hydrogens (tertiary/aromatic N) is 3. The van der Waals surface area contributed by atoms with Crippen molar-refractivity contribution in [1.29, 1.82) is 0 Å². The van der Waals surface area contributed by atoms with Crippen LogP contribution in [0.25, 0.3) is 0 Å². The molecule has 0 aromatic carbocycles. The van der Waals surface area contributed by atoms with Crippen LogP contribution in [0.3, 0.4) is 0 Å². The lowest BCUT2D eigenvalue weighted by Gasteiger charge is -2.23. The summed E-state index contributed by atoms with van der Waals surface area (Å²) in [6.07, 6.45) is 17.6. The number of likely N-dealkylation sites (tertiary alicyclic amines) is 1. The van der Waals surface area contributed by atoms with Gasteiger partial charge >= 0.3 is 0 Å². The van der Waals surface area contributed by atoms with E-state index in [9.17, 15) is 23.2 Å². The number of hydrogen-bond donors (Lipinski definition) is 2. The minimum absolute atomic E-state index is 0.0332. The number of nitrogens with one attached hydrogen (secondary N) is 1. The Bertz CT molecular complexity index is 966. The molecule has 38 heavy (non-hydrogen) atoms. The molecule has 1 atom stereocenters. The van der Waals surface area contributed by atoms with Gasteiger partial charge in [-0.2, -0.15) is 5.06 Å². The van der Waals surface area contributed by atoms with Gasteiger partial charge in [0, 0.05) is 58.0 Å². The molecule has 1 unspecified atom stereocenters. The summed E-state index contributed by atoms with van der Waals surface area (Å²) in [6, 6.07) is 0. The molecule has 0 aromatic rings. The zero-order valence-corrected chi connectivity index (χ0v) is 23.9. The molecule has 9 nitrogen and oxygen atoms in total. The highest BCUT2D eigenvalue weighted by atomic mass is 32.2. The number of amides is 2. The van der Waals surface area contributed by atoms with Crippen LogP contribution in [0.15, 0.2) is 47.9 Å². The number of hydroxylamine groups is 2. The summed E-state index contributed by atoms with van der Waals surface area (Å²) in [7, 11) is -2.15. The third-order valence-electron chi connectivity index (χ3n) is 6.76. The van der Waals surface area contributed by atoms with E-state index in [1.165, 1.54) is 49.9 Å². The molecule has 10 heteroatoms. The Morgan fingerprint density at radius 2 is 1.87 bits per heavy atom. The van der Waals surface area contributed by atoms with Crippen LogP contribution >= 0.6 is 0 Å². The predicted molar refractivity (Wildman–Crippen MR) is 151 cm³/mol. The molecular weight excluding hydrogens is 504 g/mol. The van der Waals surface area contributed by atoms with Crippen molar-refractivity contribution in [2.75, 3.05) is 46.3 Å². The quantitative estimate of drug-likeness (QED) is 0.253. The monoisotopic (exact) mass is 550 g/mol. The molecule has 1 saturated carbocycles. The van der Waals surface area contributed by atoms with Crippen molar-refractivity contribution in [3.8, 4) is 0 Å². The Morgan fingerprint density at radius 1 is 1.16 bits per heavy atom. The van der Waals surface area contributed by atoms with Gasteiger partial charge in [-0.3, -0.25) is 9.59 Å². The first kappa shape index (κ1) is 31.9. The van der Waals surface area contributed by atoms with E-state index in [0.717, 1.165) is 31.8 Å². The fourth-order valence-electron chi connectivity index (χ4n) is 4.35. The third-order valence-corrected chi connectivity index (χ3v) is 8.19. The van der Waals surface area contributed by atoms with Gasteiger partial charge in [0.05, 0.1) is 4.91 Å². The first-order valence-electron chi connectivity index (χ1n) is 13.8. The number of allylic oxidation sites excluding steroid dienone is 5. The molecule has 0 bridgehead atoms. The summed E-state index contributed by atoms with van der Waals surface area (Å²) >= 11 is 0. The van der Waals surface area contributed by atoms with Gasteiger partial charge in [0.2, 0.25) is 21.8 Å². The predicted octanol–water partition coefficient (Wildman–Crippen LogP) is 3.47. The van der Waals surface area contributed by atoms with E-state index in [1.54, 1.807) is 23.1 Å². The van der Waals surface area contributed by atoms with Crippen LogP contribution in [-0.2, 0) is 19.6 Å². The summed E-state index contributed by atoms with van der Waals surface area (Å²) in [5.41, 5.74) is 0. The minimum atomic E-state index is -3.51. The largest absolute Gasteiger partial charge is 0.343 e. The topological polar surface area (TPSA) is 110 Å². The standard InChI is InChI=1S/C19H31N3O4S.C9H15NO/c1-4-12-21(14-7-15-22(24)13-5-2)19(23)16-17-8-6-9-18(11-10-17)27(25,26)20-3;11-9(7-8-3-4-8)10-5-1-2-6-10/h4,6,8-11,17,20,24H,1,5,7,12-16H2,2-3H3;8H,1-7H2. The maximum Gasteiger partial charge on any atom is 0.240 e. The average Bonchev–Trinajstić information content (AvgIpc) is 3.59. The van der Waals surface area contributed by atoms with E-state index in [2.05, 4.69) is 11.3 Å². The summed E-state index contributed by atoms with van der Waals surface area (Å²) in [4.78, 5) is 28.0. The molecule has 2 N–H and O–H groups in total. The molecule has 0 radical (unpaired) electrons. The van der Waals surface area contributed by atoms with Crippen LogP contribution in [0.1, 0.15) is 58.3 Å². The normalized spacial score (nSPS) is 19.0. The first-order valence-corrected chi connectivity index (χ1v) is 15.3. The Balaban J connectivity index is 0.000000377. The molecule has 3 aliphatic rings. The molecule has 1 heterocycles. The molecule has 0 spiro atoms. The fourth-order valence-corrected chi connectivity index (χ4v) is 5.10. The van der Waals surface area contributed by atoms with Gasteiger partial charge in [0.25, 0.3) is 0 Å². The van der Waals surface area contributed by atoms with Crippen LogP contribution in [0.5, 0.6) is 0 Å². The van der Waals surface area contributed by atoms with Gasteiger partial charge in [-0.25, -0.2) is 13.1 Å². The highest BCUT2D eigenvalue weighted by Crippen LogP contribution is 2.33. The van der Waals surface area contributed by atoms with E-state index < -0.39 is 10.0 Å². The van der Waals surface area contributed by atoms with E-state index in [4.69, 9.17) is 0 Å². The summed E-state index contributed by atoms with van der Waals surface area (Å²) < 4.78 is 26.0. The second kappa shape index (κ2) is 16.6. The van der Waals surface area contributed by atoms with Gasteiger partial charge in [0.1, 0.15) is 0 Å². The molecule has 0 aromatic heterocycles. The zero-order valence-electron chi connectivity index (χ0n) is 23.1. The Kier molecular flexibility index (Phi) is 14.0. The molecule has 1 aliphatic heterocycles. The van der Waals surface area contributed by atoms with Gasteiger partial charge < -0.3 is 15.0 Å². The van der Waals surface area contributed by atoms with Gasteiger partial charge in [0.15, 0.2) is 0 Å². The van der Waals surface area contributed by atoms with Crippen molar-refractivity contribution in [3.63, 3.8) is 0 Å². The van der Waals surface area contributed by atoms with Crippen LogP contribution in [0, 0.1) is 11.8 Å². The van der Waals surface area contributed by atoms with Crippen molar-refractivity contribution >= 4 is 21.8 Å². The van der Waals surface area contributed by atoms with Crippen LogP contribution < -0.4 is 4.72 Å². The maximum absolute atomic E-state index is 12.6. The first-order chi connectivity index (χ1) is 18.2. The Morgan fingerprint density at radius 3 is 2.47 bits per heavy atom. The molecule has 214 valence electrons. The Labute approximate surface area is 228 Å². The SMILES string of the molecule is C=CCN(CCCN(O)CCC)C(=O)CC1C=CC=C(S(=O)(=O)NC)C=C1.O=C(CC1CC1)N1CCCC1. The van der Waals surface area contributed by atoms with Gasteiger partial charge in [-0.05, 0) is 63.6 Å². The summed E-state index contributed by atoms with van der Waals surface area (Å²) in [5.74, 6) is 0.947. The van der Waals surface area contributed by atoms with Crippen LogP contribution in [0.2, 0.25) is 0 Å². The smallest absolute Gasteiger partial charge is 0.240 e. The van der Waals surface area contributed by atoms with Crippen molar-refractivity contribution in [1.82, 2.24) is 19.6 Å². The highest BCUT2D eigenvalue weighted by Gasteiger charge is 2.27. The fraction of sp³-hybridized carbons (Fsp3) is 0.643. The van der Waals surface area contributed by atoms with Crippen LogP contribution in [-0.4, -0.2) is 86.6 Å². The number of rotatable bonds is 14. The van der Waals surface area contributed by atoms with E-state index in [0.29, 0.717) is 38.5 Å². The lowest BCUT2D eigenvalue weighted by atomic mass is 10.0. The molecule has 1 saturated heterocycles. The van der Waals surface area contributed by atoms with Crippen molar-refractivity contribution in [2.45, 2.75) is 58.3 Å². The second-order valence-corrected chi connectivity index (χ2v) is 11.9. The number of carbonyl (C=O) groups excluding carboxylic acids is 2. The summed E-state index contributed by atoms with van der Waals surface area (Å²) in [5, 5.41) is 10.9. The average molecular weight is 551 g/mol. The lowest BCUT2D eigenvalue weighted by molar-refractivity contribution is -0.132. The van der Waals surface area contributed by atoms with E-state index >= 15 is 0 Å². The highest BCUT2D eigenvalue weighted by molar-refractivity contribution is 7.93. The minimum Gasteiger partial charge on any atom is -0.343 e. The van der Waals surface area contributed by atoms with Gasteiger partial charge in [-0.15, -0.1) is 6.58 Å². The van der Waals surface area contributed by atoms with Crippen molar-refractivity contribution in [2.24, 2.45) is 11.8 Å².